The number of pyridine rings is 1. The molecule has 436 valence electrons. The van der Waals surface area contributed by atoms with E-state index in [1.54, 1.807) is 0 Å². The van der Waals surface area contributed by atoms with Gasteiger partial charge in [0.05, 0.1) is 40.3 Å². The molecule has 0 spiro atoms. The maximum Gasteiger partial charge on any atom is 0.269 e. The van der Waals surface area contributed by atoms with Gasteiger partial charge in [0.25, 0.3) is 6.33 Å². The van der Waals surface area contributed by atoms with Crippen LogP contribution in [-0.2, 0) is 16.2 Å². The van der Waals surface area contributed by atoms with Gasteiger partial charge in [0.15, 0.2) is 0 Å². The van der Waals surface area contributed by atoms with Crippen molar-refractivity contribution in [3.05, 3.63) is 272 Å². The number of benzene rings is 11. The Morgan fingerprint density at radius 3 is 1.86 bits per heavy atom. The molecule has 0 aliphatic carbocycles. The van der Waals surface area contributed by atoms with Crippen LogP contribution < -0.4 is 9.30 Å². The van der Waals surface area contributed by atoms with Crippen LogP contribution in [0.4, 0.5) is 0 Å². The number of hydrogen-bond acceptors (Lipinski definition) is 3. The van der Waals surface area contributed by atoms with Gasteiger partial charge in [-0.05, 0) is 172 Å². The molecule has 0 atom stereocenters. The molecule has 0 bridgehead atoms. The number of nitrogens with zero attached hydrogens (tertiary/aromatic N) is 4. The standard InChI is InChI=1S/C84H68N4O2/c1-82(2,3)56-40-41-85-78(48-56)88-73-34-17-15-28-66(73)67-38-37-61(50-74(67)88)89-60-25-19-24-59(49-60)86-51-87-80-63(55-42-57(83(4,5)6)47-58(43-55)84(7,8)9)31-21-33-70(80)79-62(52-22-11-10-12-23-52)30-20-32-69(79)64-26-13-14-27-65(64)72-45-54(46-75(86)81(72)87)53-36-39-77-71(44-53)68-29-16-18-35-76(68)90-77/h10-50H,1-9H3/i10D,11D,12D,22D,23D. The highest BCUT2D eigenvalue weighted by Gasteiger charge is 2.31. The van der Waals surface area contributed by atoms with E-state index in [0.717, 1.165) is 128 Å². The van der Waals surface area contributed by atoms with Gasteiger partial charge in [0, 0.05) is 33.8 Å². The Morgan fingerprint density at radius 2 is 1.08 bits per heavy atom. The third kappa shape index (κ3) is 9.14. The average Bonchev–Trinajstić information content (AvgIpc) is 1.61. The van der Waals surface area contributed by atoms with Gasteiger partial charge in [0.2, 0.25) is 0 Å². The molecule has 1 aliphatic rings. The third-order valence-electron chi connectivity index (χ3n) is 18.1. The number of imidazole rings is 1. The summed E-state index contributed by atoms with van der Waals surface area (Å²) in [6, 6.07) is 72.4. The van der Waals surface area contributed by atoms with Crippen molar-refractivity contribution < 1.29 is 20.6 Å². The lowest BCUT2D eigenvalue weighted by Crippen LogP contribution is -2.32. The van der Waals surface area contributed by atoms with E-state index in [-0.39, 0.29) is 33.9 Å². The van der Waals surface area contributed by atoms with Crippen molar-refractivity contribution >= 4 is 54.8 Å². The van der Waals surface area contributed by atoms with Gasteiger partial charge in [-0.1, -0.05) is 226 Å². The summed E-state index contributed by atoms with van der Waals surface area (Å²) in [7, 11) is 0. The Balaban J connectivity index is 0.996. The molecule has 5 heterocycles. The van der Waals surface area contributed by atoms with Crippen LogP contribution in [0.3, 0.4) is 0 Å². The molecule has 0 fully saturated rings. The number of para-hydroxylation sites is 3. The van der Waals surface area contributed by atoms with Crippen LogP contribution in [-0.4, -0.2) is 14.1 Å². The summed E-state index contributed by atoms with van der Waals surface area (Å²) in [4.78, 5) is 4.96. The van der Waals surface area contributed by atoms with Gasteiger partial charge in [-0.25, -0.2) is 4.98 Å². The minimum absolute atomic E-state index is 0.0865. The molecule has 11 aromatic carbocycles. The van der Waals surface area contributed by atoms with Crippen LogP contribution in [0.1, 0.15) is 85.9 Å². The molecule has 0 unspecified atom stereocenters. The minimum Gasteiger partial charge on any atom is -0.458 e. The van der Waals surface area contributed by atoms with Crippen LogP contribution in [0.25, 0.3) is 139 Å². The second-order valence-electron chi connectivity index (χ2n) is 27.0. The van der Waals surface area contributed by atoms with Crippen LogP contribution in [0.15, 0.2) is 253 Å². The molecule has 0 amide bonds. The molecule has 16 rings (SSSR count). The van der Waals surface area contributed by atoms with Crippen LogP contribution in [0.5, 0.6) is 11.5 Å². The maximum absolute atomic E-state index is 9.60. The van der Waals surface area contributed by atoms with Crippen molar-refractivity contribution in [2.75, 3.05) is 0 Å². The zero-order chi connectivity index (χ0) is 65.7. The SMILES string of the molecule is [2H]c1c([2H])c([2H])c(-c2cccc3c2-c2cccc(-c4cc(C(C)(C)C)cc(C(C)(C)C)c4)c2-[n+]2[c-]n(-c4cccc(Oc5ccc6c7ccccc7n(-c7cc(C(C)(C)C)ccn7)c6c5)c4)c4cc(-c5ccc6oc7ccccc7c6c5)cc(c42)-c2ccccc2-3)c([2H])c1[2H]. The van der Waals surface area contributed by atoms with Crippen molar-refractivity contribution in [1.82, 2.24) is 14.1 Å². The first-order chi connectivity index (χ1) is 45.6. The number of ether oxygens (including phenoxy) is 1. The van der Waals surface area contributed by atoms with Gasteiger partial charge in [-0.15, -0.1) is 0 Å². The number of rotatable bonds is 7. The molecule has 6 heteroatoms. The van der Waals surface area contributed by atoms with Crippen LogP contribution in [0, 0.1) is 6.33 Å². The van der Waals surface area contributed by atoms with Gasteiger partial charge >= 0.3 is 0 Å². The van der Waals surface area contributed by atoms with Gasteiger partial charge in [-0.2, -0.15) is 0 Å². The van der Waals surface area contributed by atoms with E-state index in [1.165, 1.54) is 16.7 Å². The van der Waals surface area contributed by atoms with Crippen molar-refractivity contribution in [1.29, 1.82) is 0 Å². The second-order valence-corrected chi connectivity index (χ2v) is 27.0. The fraction of sp³-hybridized carbons (Fsp3) is 0.143. The second kappa shape index (κ2) is 20.5. The maximum atomic E-state index is 9.60. The highest BCUT2D eigenvalue weighted by Crippen LogP contribution is 2.50. The van der Waals surface area contributed by atoms with Crippen LogP contribution >= 0.6 is 0 Å². The van der Waals surface area contributed by atoms with E-state index in [2.05, 4.69) is 246 Å². The van der Waals surface area contributed by atoms with Gasteiger partial charge < -0.3 is 9.15 Å². The van der Waals surface area contributed by atoms with Crippen molar-refractivity contribution in [2.24, 2.45) is 0 Å². The number of hydrogen-bond donors (Lipinski definition) is 0. The third-order valence-corrected chi connectivity index (χ3v) is 18.1. The molecule has 6 nitrogen and oxygen atoms in total. The Hall–Kier alpha value is -10.6. The number of furan rings is 1. The predicted molar refractivity (Wildman–Crippen MR) is 372 cm³/mol. The van der Waals surface area contributed by atoms with E-state index < -0.39 is 18.1 Å². The molecule has 0 saturated heterocycles. The lowest BCUT2D eigenvalue weighted by atomic mass is 9.78. The normalized spacial score (nSPS) is 13.3. The molecule has 15 aromatic rings. The lowest BCUT2D eigenvalue weighted by Gasteiger charge is -2.27. The van der Waals surface area contributed by atoms with E-state index >= 15 is 0 Å². The quantitative estimate of drug-likeness (QED) is 0.118. The Kier molecular flexibility index (Phi) is 11.3. The summed E-state index contributed by atoms with van der Waals surface area (Å²) >= 11 is 0. The highest BCUT2D eigenvalue weighted by molar-refractivity contribution is 6.11. The Bertz CT molecular complexity index is 5670. The molecule has 0 N–H and O–H groups in total. The van der Waals surface area contributed by atoms with E-state index in [0.29, 0.717) is 17.1 Å². The summed E-state index contributed by atoms with van der Waals surface area (Å²) in [6.07, 6.45) is 5.96. The summed E-state index contributed by atoms with van der Waals surface area (Å²) in [5.41, 5.74) is 19.6. The number of aromatic nitrogens is 4. The molecular weight excluding hydrogens is 1100 g/mol. The first-order valence-electron chi connectivity index (χ1n) is 33.4. The highest BCUT2D eigenvalue weighted by atomic mass is 16.5. The lowest BCUT2D eigenvalue weighted by molar-refractivity contribution is -0.570. The minimum atomic E-state index is -0.448. The molecule has 0 radical (unpaired) electrons. The zero-order valence-electron chi connectivity index (χ0n) is 56.9. The molecule has 90 heavy (non-hydrogen) atoms. The smallest absolute Gasteiger partial charge is 0.269 e. The summed E-state index contributed by atoms with van der Waals surface area (Å²) < 4.78 is 66.2. The first kappa shape index (κ1) is 49.4. The first-order valence-corrected chi connectivity index (χ1v) is 30.9. The van der Waals surface area contributed by atoms with E-state index in [4.69, 9.17) is 18.3 Å². The monoisotopic (exact) mass is 1170 g/mol. The van der Waals surface area contributed by atoms with Crippen molar-refractivity contribution in [2.45, 2.75) is 78.6 Å². The summed E-state index contributed by atoms with van der Waals surface area (Å²) in [5.74, 6) is 2.11. The van der Waals surface area contributed by atoms with E-state index in [1.807, 2.05) is 54.7 Å². The summed E-state index contributed by atoms with van der Waals surface area (Å²) in [5, 5.41) is 4.25. The summed E-state index contributed by atoms with van der Waals surface area (Å²) in [6.45, 7) is 20.2. The fourth-order valence-corrected chi connectivity index (χ4v) is 13.4. The number of fused-ring (bicyclic) bond motifs is 13. The van der Waals surface area contributed by atoms with Gasteiger partial charge in [-0.3, -0.25) is 13.7 Å². The topological polar surface area (TPSA) is 49.0 Å². The molecule has 0 saturated carbocycles. The van der Waals surface area contributed by atoms with Crippen molar-refractivity contribution in [3.8, 4) is 95.5 Å². The van der Waals surface area contributed by atoms with Crippen molar-refractivity contribution in [3.63, 3.8) is 0 Å². The fourth-order valence-electron chi connectivity index (χ4n) is 13.4. The molecular formula is C84H68N4O2. The Labute approximate surface area is 532 Å². The zero-order valence-corrected chi connectivity index (χ0v) is 51.9. The average molecular weight is 1170 g/mol. The largest absolute Gasteiger partial charge is 0.458 e. The molecule has 4 aromatic heterocycles. The predicted octanol–water partition coefficient (Wildman–Crippen LogP) is 22.1. The van der Waals surface area contributed by atoms with E-state index in [9.17, 15) is 2.74 Å². The Morgan fingerprint density at radius 1 is 0.433 bits per heavy atom. The van der Waals surface area contributed by atoms with Crippen LogP contribution in [0.2, 0.25) is 0 Å². The van der Waals surface area contributed by atoms with Gasteiger partial charge in [0.1, 0.15) is 28.5 Å². The molecule has 1 aliphatic heterocycles.